The number of carboxylic acids is 1. The van der Waals surface area contributed by atoms with Crippen molar-refractivity contribution in [1.29, 1.82) is 0 Å². The number of ether oxygens (including phenoxy) is 2. The molecule has 1 aromatic rings. The van der Waals surface area contributed by atoms with Gasteiger partial charge in [-0.1, -0.05) is 24.3 Å². The molecule has 0 spiro atoms. The summed E-state index contributed by atoms with van der Waals surface area (Å²) in [5.41, 5.74) is -0.899. The minimum absolute atomic E-state index is 0.0301. The molecule has 1 fully saturated rings. The second-order valence-electron chi connectivity index (χ2n) is 9.81. The summed E-state index contributed by atoms with van der Waals surface area (Å²) in [6.07, 6.45) is 11.8. The van der Waals surface area contributed by atoms with Crippen LogP contribution in [0, 0.1) is 42.4 Å². The van der Waals surface area contributed by atoms with Gasteiger partial charge in [-0.25, -0.2) is 0 Å². The highest BCUT2D eigenvalue weighted by molar-refractivity contribution is 5.73. The molecule has 0 bridgehead atoms. The summed E-state index contributed by atoms with van der Waals surface area (Å²) in [6, 6.07) is 4.27. The van der Waals surface area contributed by atoms with Crippen molar-refractivity contribution in [3.8, 4) is 30.4 Å². The zero-order chi connectivity index (χ0) is 30.4. The molecule has 3 N–H and O–H groups in total. The number of unbranched alkanes of at least 4 members (excludes halogenated alkanes) is 1. The Morgan fingerprint density at radius 3 is 2.46 bits per heavy atom. The van der Waals surface area contributed by atoms with E-state index >= 15 is 0 Å². The average Bonchev–Trinajstić information content (AvgIpc) is 3.18. The van der Waals surface area contributed by atoms with Crippen molar-refractivity contribution in [3.05, 3.63) is 54.1 Å². The van der Waals surface area contributed by atoms with Gasteiger partial charge in [0.2, 0.25) is 0 Å². The maximum atomic E-state index is 13.1. The Labute approximate surface area is 238 Å². The number of carboxylic acid groups (broad SMARTS) is 1. The molecular weight excluding hydrogens is 541 g/mol. The van der Waals surface area contributed by atoms with Crippen molar-refractivity contribution in [2.75, 3.05) is 6.61 Å². The van der Waals surface area contributed by atoms with Crippen LogP contribution in [0.25, 0.3) is 0 Å². The van der Waals surface area contributed by atoms with Crippen molar-refractivity contribution < 1.29 is 47.6 Å². The van der Waals surface area contributed by atoms with E-state index in [1.807, 2.05) is 12.2 Å². The van der Waals surface area contributed by atoms with Gasteiger partial charge in [-0.2, -0.15) is 13.2 Å². The molecule has 5 atom stereocenters. The van der Waals surface area contributed by atoms with Crippen LogP contribution in [0.5, 0.6) is 5.75 Å². The number of halogens is 3. The smallest absolute Gasteiger partial charge is 0.416 e. The van der Waals surface area contributed by atoms with E-state index in [0.717, 1.165) is 12.1 Å². The first-order valence-corrected chi connectivity index (χ1v) is 13.2. The molecule has 1 aliphatic rings. The summed E-state index contributed by atoms with van der Waals surface area (Å²) in [4.78, 5) is 23.4. The summed E-state index contributed by atoms with van der Waals surface area (Å²) in [5.74, 6) is 1.40. The first-order valence-electron chi connectivity index (χ1n) is 13.2. The highest BCUT2D eigenvalue weighted by Crippen LogP contribution is 2.36. The van der Waals surface area contributed by atoms with E-state index in [0.29, 0.717) is 19.3 Å². The Balaban J connectivity index is 2.19. The molecule has 10 heteroatoms. The third kappa shape index (κ3) is 11.3. The fourth-order valence-corrected chi connectivity index (χ4v) is 4.54. The highest BCUT2D eigenvalue weighted by atomic mass is 19.4. The number of esters is 1. The molecule has 0 heterocycles. The number of carbonyl (C=O) groups excluding carboxylic acids is 1. The molecule has 0 radical (unpaired) electrons. The van der Waals surface area contributed by atoms with Gasteiger partial charge in [0, 0.05) is 31.6 Å². The van der Waals surface area contributed by atoms with Crippen LogP contribution in [-0.4, -0.2) is 52.2 Å². The minimum Gasteiger partial charge on any atom is -0.489 e. The van der Waals surface area contributed by atoms with Crippen molar-refractivity contribution >= 4 is 11.9 Å². The molecule has 0 saturated heterocycles. The lowest BCUT2D eigenvalue weighted by Gasteiger charge is -2.22. The van der Waals surface area contributed by atoms with Crippen LogP contribution in [0.3, 0.4) is 0 Å². The molecular formula is C31H35F3O7. The van der Waals surface area contributed by atoms with Crippen LogP contribution in [0.1, 0.15) is 50.5 Å². The quantitative estimate of drug-likeness (QED) is 0.119. The van der Waals surface area contributed by atoms with Gasteiger partial charge in [0.25, 0.3) is 0 Å². The number of benzene rings is 1. The predicted molar refractivity (Wildman–Crippen MR) is 145 cm³/mol. The lowest BCUT2D eigenvalue weighted by molar-refractivity contribution is -0.152. The topological polar surface area (TPSA) is 113 Å². The van der Waals surface area contributed by atoms with E-state index < -0.39 is 53.8 Å². The van der Waals surface area contributed by atoms with Gasteiger partial charge in [0.05, 0.1) is 23.7 Å². The third-order valence-corrected chi connectivity index (χ3v) is 6.71. The fraction of sp³-hybridized carbons (Fsp3) is 0.484. The number of terminal acetylenes is 2. The zero-order valence-electron chi connectivity index (χ0n) is 22.5. The van der Waals surface area contributed by atoms with Crippen molar-refractivity contribution in [3.63, 3.8) is 0 Å². The number of carbonyl (C=O) groups is 2. The van der Waals surface area contributed by atoms with E-state index in [2.05, 4.69) is 11.8 Å². The lowest BCUT2D eigenvalue weighted by atomic mass is 9.89. The van der Waals surface area contributed by atoms with Crippen LogP contribution in [-0.2, 0) is 20.5 Å². The molecule has 0 aromatic heterocycles. The molecule has 2 rings (SSSR count). The van der Waals surface area contributed by atoms with Gasteiger partial charge >= 0.3 is 18.1 Å². The summed E-state index contributed by atoms with van der Waals surface area (Å²) >= 11 is 0. The van der Waals surface area contributed by atoms with Crippen molar-refractivity contribution in [2.24, 2.45) is 17.8 Å². The first-order chi connectivity index (χ1) is 19.5. The van der Waals surface area contributed by atoms with Gasteiger partial charge in [0.1, 0.15) is 12.4 Å². The SMILES string of the molecule is C#CCC(CC#C)C(=O)O[C@H](C=C[C@H]1[C@@H](CC=CCCCC(=O)O)[C@H](O)C[C@H]1O)COc1cccc(C(F)(F)F)c1. The lowest BCUT2D eigenvalue weighted by Crippen LogP contribution is -2.28. The molecule has 41 heavy (non-hydrogen) atoms. The molecule has 0 amide bonds. The van der Waals surface area contributed by atoms with Crippen molar-refractivity contribution in [1.82, 2.24) is 0 Å². The number of allylic oxidation sites excluding steroid dienone is 2. The third-order valence-electron chi connectivity index (χ3n) is 6.71. The van der Waals surface area contributed by atoms with Gasteiger partial charge in [-0.15, -0.1) is 24.7 Å². The standard InChI is InChI=1S/C31H35F3O7/c1-3-10-21(11-4-2)30(39)41-24(20-40-23-13-9-12-22(18-23)31(32,33)34)16-17-26-25(27(35)19-28(26)36)14-7-5-6-8-15-29(37)38/h1-2,5,7,9,12-13,16-18,21,24-28,35-36H,6,8,10-11,14-15,19-20H2,(H,37,38)/t24-,25-,26+,27-,28-/m1/s1. The number of rotatable bonds is 15. The minimum atomic E-state index is -4.57. The van der Waals surface area contributed by atoms with Crippen LogP contribution in [0.4, 0.5) is 13.2 Å². The Kier molecular flexibility index (Phi) is 13.5. The number of hydrogen-bond donors (Lipinski definition) is 3. The summed E-state index contributed by atoms with van der Waals surface area (Å²) < 4.78 is 50.4. The molecule has 0 aliphatic heterocycles. The molecule has 1 aromatic carbocycles. The van der Waals surface area contributed by atoms with E-state index in [4.69, 9.17) is 27.4 Å². The van der Waals surface area contributed by atoms with Gasteiger partial charge in [0.15, 0.2) is 6.10 Å². The van der Waals surface area contributed by atoms with Gasteiger partial charge in [-0.3, -0.25) is 9.59 Å². The molecule has 0 unspecified atom stereocenters. The Morgan fingerprint density at radius 1 is 1.12 bits per heavy atom. The molecule has 1 saturated carbocycles. The Bertz CT molecular complexity index is 1130. The zero-order valence-corrected chi connectivity index (χ0v) is 22.5. The molecule has 7 nitrogen and oxygen atoms in total. The molecule has 1 aliphatic carbocycles. The number of alkyl halides is 3. The number of aliphatic carboxylic acids is 1. The Hall–Kier alpha value is -3.73. The van der Waals surface area contributed by atoms with E-state index in [1.165, 1.54) is 18.2 Å². The number of hydrogen-bond acceptors (Lipinski definition) is 6. The molecule has 222 valence electrons. The number of aliphatic hydroxyl groups excluding tert-OH is 2. The predicted octanol–water partition coefficient (Wildman–Crippen LogP) is 4.77. The second-order valence-corrected chi connectivity index (χ2v) is 9.81. The maximum Gasteiger partial charge on any atom is 0.416 e. The van der Waals surface area contributed by atoms with E-state index in [1.54, 1.807) is 6.08 Å². The van der Waals surface area contributed by atoms with Crippen LogP contribution >= 0.6 is 0 Å². The fourth-order valence-electron chi connectivity index (χ4n) is 4.54. The van der Waals surface area contributed by atoms with Crippen LogP contribution < -0.4 is 4.74 Å². The summed E-state index contributed by atoms with van der Waals surface area (Å²) in [5, 5.41) is 29.8. The normalized spacial score (nSPS) is 21.6. The average molecular weight is 577 g/mol. The maximum absolute atomic E-state index is 13.1. The monoisotopic (exact) mass is 576 g/mol. The number of aliphatic hydroxyl groups is 2. The van der Waals surface area contributed by atoms with Gasteiger partial charge in [-0.05, 0) is 49.5 Å². The summed E-state index contributed by atoms with van der Waals surface area (Å²) in [7, 11) is 0. The summed E-state index contributed by atoms with van der Waals surface area (Å²) in [6.45, 7) is -0.331. The first kappa shape index (κ1) is 33.5. The second kappa shape index (κ2) is 16.5. The van der Waals surface area contributed by atoms with Crippen molar-refractivity contribution in [2.45, 2.75) is 69.4 Å². The largest absolute Gasteiger partial charge is 0.489 e. The Morgan fingerprint density at radius 2 is 1.83 bits per heavy atom. The van der Waals surface area contributed by atoms with Crippen LogP contribution in [0.15, 0.2) is 48.6 Å². The van der Waals surface area contributed by atoms with Gasteiger partial charge < -0.3 is 24.8 Å². The van der Waals surface area contributed by atoms with E-state index in [9.17, 15) is 33.0 Å². The van der Waals surface area contributed by atoms with Crippen LogP contribution in [0.2, 0.25) is 0 Å². The van der Waals surface area contributed by atoms with E-state index in [-0.39, 0.29) is 44.0 Å². The highest BCUT2D eigenvalue weighted by Gasteiger charge is 2.39.